The van der Waals surface area contributed by atoms with Crippen molar-refractivity contribution in [2.75, 3.05) is 6.54 Å². The van der Waals surface area contributed by atoms with E-state index in [4.69, 9.17) is 16.3 Å². The Hall–Kier alpha value is -1.10. The Morgan fingerprint density at radius 2 is 2.05 bits per heavy atom. The van der Waals surface area contributed by atoms with Crippen LogP contribution in [0.1, 0.15) is 18.1 Å². The Kier molecular flexibility index (Phi) is 6.03. The predicted octanol–water partition coefficient (Wildman–Crippen LogP) is 4.93. The number of halogens is 3. The lowest BCUT2D eigenvalue weighted by Gasteiger charge is -2.12. The van der Waals surface area contributed by atoms with Crippen LogP contribution in [0.3, 0.4) is 0 Å². The summed E-state index contributed by atoms with van der Waals surface area (Å²) in [5.74, 6) is 0.465. The van der Waals surface area contributed by atoms with E-state index in [0.29, 0.717) is 22.6 Å². The van der Waals surface area contributed by atoms with Gasteiger partial charge in [-0.3, -0.25) is 0 Å². The third-order valence-electron chi connectivity index (χ3n) is 2.90. The molecule has 0 bridgehead atoms. The highest BCUT2D eigenvalue weighted by Gasteiger charge is 2.06. The maximum absolute atomic E-state index is 13.3. The molecule has 2 aromatic rings. The minimum Gasteiger partial charge on any atom is -0.489 e. The molecule has 0 aliphatic heterocycles. The van der Waals surface area contributed by atoms with Crippen molar-refractivity contribution in [1.82, 2.24) is 5.32 Å². The summed E-state index contributed by atoms with van der Waals surface area (Å²) in [5, 5.41) is 3.91. The van der Waals surface area contributed by atoms with Gasteiger partial charge in [0.2, 0.25) is 0 Å². The minimum atomic E-state index is -0.285. The second kappa shape index (κ2) is 7.78. The van der Waals surface area contributed by atoms with Crippen LogP contribution in [0, 0.1) is 5.82 Å². The van der Waals surface area contributed by atoms with Crippen molar-refractivity contribution in [1.29, 1.82) is 0 Å². The van der Waals surface area contributed by atoms with Gasteiger partial charge in [0.05, 0.1) is 0 Å². The van der Waals surface area contributed by atoms with Gasteiger partial charge >= 0.3 is 0 Å². The Labute approximate surface area is 137 Å². The van der Waals surface area contributed by atoms with E-state index in [1.165, 1.54) is 12.1 Å². The third kappa shape index (κ3) is 4.99. The van der Waals surface area contributed by atoms with Crippen LogP contribution in [0.2, 0.25) is 5.02 Å². The second-order valence-corrected chi connectivity index (χ2v) is 5.95. The number of hydrogen-bond acceptors (Lipinski definition) is 2. The molecule has 5 heteroatoms. The second-order valence-electron chi connectivity index (χ2n) is 4.60. The molecule has 0 saturated carbocycles. The van der Waals surface area contributed by atoms with Gasteiger partial charge in [-0.05, 0) is 48.5 Å². The molecule has 2 nitrogen and oxygen atoms in total. The van der Waals surface area contributed by atoms with Gasteiger partial charge < -0.3 is 10.1 Å². The lowest BCUT2D eigenvalue weighted by atomic mass is 10.2. The Morgan fingerprint density at radius 1 is 1.24 bits per heavy atom. The Bertz CT molecular complexity index is 601. The molecule has 0 radical (unpaired) electrons. The van der Waals surface area contributed by atoms with Crippen LogP contribution in [0.15, 0.2) is 40.9 Å². The van der Waals surface area contributed by atoms with Gasteiger partial charge in [0, 0.05) is 21.6 Å². The molecule has 0 unspecified atom stereocenters. The zero-order valence-electron chi connectivity index (χ0n) is 11.6. The van der Waals surface area contributed by atoms with Gasteiger partial charge in [-0.15, -0.1) is 0 Å². The van der Waals surface area contributed by atoms with E-state index in [1.807, 2.05) is 25.1 Å². The van der Waals surface area contributed by atoms with Gasteiger partial charge in [0.15, 0.2) is 0 Å². The lowest BCUT2D eigenvalue weighted by molar-refractivity contribution is 0.301. The predicted molar refractivity (Wildman–Crippen MR) is 87.3 cm³/mol. The van der Waals surface area contributed by atoms with Gasteiger partial charge in [0.1, 0.15) is 18.2 Å². The topological polar surface area (TPSA) is 21.3 Å². The molecule has 21 heavy (non-hydrogen) atoms. The largest absolute Gasteiger partial charge is 0.489 e. The van der Waals surface area contributed by atoms with Crippen LogP contribution in [-0.4, -0.2) is 6.54 Å². The summed E-state index contributed by atoms with van der Waals surface area (Å²) in [4.78, 5) is 0. The van der Waals surface area contributed by atoms with E-state index < -0.39 is 0 Å². The first-order chi connectivity index (χ1) is 10.1. The highest BCUT2D eigenvalue weighted by molar-refractivity contribution is 9.10. The molecule has 2 rings (SSSR count). The first-order valence-electron chi connectivity index (χ1n) is 6.65. The molecule has 0 aliphatic rings. The van der Waals surface area contributed by atoms with Crippen molar-refractivity contribution in [2.45, 2.75) is 20.1 Å². The summed E-state index contributed by atoms with van der Waals surface area (Å²) in [5.41, 5.74) is 1.76. The van der Waals surface area contributed by atoms with Crippen LogP contribution < -0.4 is 10.1 Å². The maximum Gasteiger partial charge on any atom is 0.124 e. The number of nitrogens with one attached hydrogen (secondary N) is 1. The quantitative estimate of drug-likeness (QED) is 0.776. The molecular formula is C16H16BrClFNO. The molecule has 112 valence electrons. The molecule has 0 aromatic heterocycles. The zero-order chi connectivity index (χ0) is 15.2. The van der Waals surface area contributed by atoms with Crippen LogP contribution in [0.25, 0.3) is 0 Å². The van der Waals surface area contributed by atoms with Gasteiger partial charge in [0.25, 0.3) is 0 Å². The van der Waals surface area contributed by atoms with Crippen LogP contribution in [-0.2, 0) is 13.2 Å². The van der Waals surface area contributed by atoms with Crippen LogP contribution in [0.4, 0.5) is 4.39 Å². The van der Waals surface area contributed by atoms with Gasteiger partial charge in [-0.1, -0.05) is 34.5 Å². The van der Waals surface area contributed by atoms with Crippen molar-refractivity contribution in [2.24, 2.45) is 0 Å². The summed E-state index contributed by atoms with van der Waals surface area (Å²) in [6, 6.07) is 10.2. The molecule has 0 amide bonds. The first kappa shape index (κ1) is 16.3. The van der Waals surface area contributed by atoms with E-state index in [2.05, 4.69) is 21.2 Å². The van der Waals surface area contributed by atoms with Gasteiger partial charge in [-0.25, -0.2) is 4.39 Å². The lowest BCUT2D eigenvalue weighted by Crippen LogP contribution is -2.13. The van der Waals surface area contributed by atoms with E-state index in [1.54, 1.807) is 6.07 Å². The normalized spacial score (nSPS) is 10.7. The van der Waals surface area contributed by atoms with Crippen LogP contribution >= 0.6 is 27.5 Å². The fourth-order valence-corrected chi connectivity index (χ4v) is 2.65. The van der Waals surface area contributed by atoms with E-state index in [0.717, 1.165) is 23.4 Å². The minimum absolute atomic E-state index is 0.285. The average molecular weight is 373 g/mol. The third-order valence-corrected chi connectivity index (χ3v) is 3.60. The molecule has 0 aliphatic carbocycles. The molecule has 0 saturated heterocycles. The average Bonchev–Trinajstić information content (AvgIpc) is 2.43. The summed E-state index contributed by atoms with van der Waals surface area (Å²) in [7, 11) is 0. The molecule has 0 atom stereocenters. The first-order valence-corrected chi connectivity index (χ1v) is 7.82. The van der Waals surface area contributed by atoms with Crippen molar-refractivity contribution >= 4 is 27.5 Å². The zero-order valence-corrected chi connectivity index (χ0v) is 14.0. The maximum atomic E-state index is 13.3. The number of benzene rings is 2. The number of hydrogen-bond donors (Lipinski definition) is 1. The van der Waals surface area contributed by atoms with Crippen molar-refractivity contribution in [3.05, 3.63) is 62.8 Å². The monoisotopic (exact) mass is 371 g/mol. The fraction of sp³-hybridized carbons (Fsp3) is 0.250. The molecule has 0 fully saturated rings. The summed E-state index contributed by atoms with van der Waals surface area (Å²) in [6.07, 6.45) is 0. The molecule has 1 N–H and O–H groups in total. The van der Waals surface area contributed by atoms with E-state index in [9.17, 15) is 4.39 Å². The highest BCUT2D eigenvalue weighted by atomic mass is 79.9. The fourth-order valence-electron chi connectivity index (χ4n) is 1.94. The van der Waals surface area contributed by atoms with E-state index in [-0.39, 0.29) is 5.82 Å². The summed E-state index contributed by atoms with van der Waals surface area (Å²) in [6.45, 7) is 3.88. The van der Waals surface area contributed by atoms with Crippen molar-refractivity contribution < 1.29 is 9.13 Å². The Morgan fingerprint density at radius 3 is 2.76 bits per heavy atom. The molecular weight excluding hydrogens is 357 g/mol. The number of rotatable bonds is 6. The standard InChI is InChI=1S/C16H16BrClFNO/c1-2-20-9-12-7-14(18)3-4-16(12)21-10-11-5-13(17)8-15(19)6-11/h3-8,20H,2,9-10H2,1H3. The van der Waals surface area contributed by atoms with Gasteiger partial charge in [-0.2, -0.15) is 0 Å². The summed E-state index contributed by atoms with van der Waals surface area (Å²) < 4.78 is 19.8. The van der Waals surface area contributed by atoms with E-state index >= 15 is 0 Å². The SMILES string of the molecule is CCNCc1cc(Cl)ccc1OCc1cc(F)cc(Br)c1. The highest BCUT2D eigenvalue weighted by Crippen LogP contribution is 2.24. The molecule has 0 heterocycles. The van der Waals surface area contributed by atoms with Crippen LogP contribution in [0.5, 0.6) is 5.75 Å². The smallest absolute Gasteiger partial charge is 0.124 e. The molecule has 0 spiro atoms. The van der Waals surface area contributed by atoms with Crippen molar-refractivity contribution in [3.63, 3.8) is 0 Å². The molecule has 2 aromatic carbocycles. The number of ether oxygens (including phenoxy) is 1. The Balaban J connectivity index is 2.11. The summed E-state index contributed by atoms with van der Waals surface area (Å²) >= 11 is 9.29. The van der Waals surface area contributed by atoms with Crippen molar-refractivity contribution in [3.8, 4) is 5.75 Å².